The highest BCUT2D eigenvalue weighted by Gasteiger charge is 2.32. The number of allylic oxidation sites excluding steroid dienone is 1. The lowest BCUT2D eigenvalue weighted by atomic mass is 9.88. The van der Waals surface area contributed by atoms with E-state index in [1.165, 1.54) is 10.8 Å². The minimum absolute atomic E-state index is 0.0432. The van der Waals surface area contributed by atoms with E-state index in [0.29, 0.717) is 17.9 Å². The fraction of sp³-hybridized carbons (Fsp3) is 0.536. The van der Waals surface area contributed by atoms with Gasteiger partial charge in [-0.2, -0.15) is 0 Å². The zero-order valence-corrected chi connectivity index (χ0v) is 24.6. The van der Waals surface area contributed by atoms with Crippen molar-refractivity contribution >= 4 is 51.1 Å². The molecule has 1 saturated heterocycles. The van der Waals surface area contributed by atoms with E-state index in [9.17, 15) is 24.0 Å². The molecule has 40 heavy (non-hydrogen) atoms. The number of fused-ring (bicyclic) bond motifs is 7. The van der Waals surface area contributed by atoms with Gasteiger partial charge in [0.1, 0.15) is 36.3 Å². The molecule has 3 N–H and O–H groups in total. The predicted molar refractivity (Wildman–Crippen MR) is 155 cm³/mol. The van der Waals surface area contributed by atoms with Crippen molar-refractivity contribution in [2.45, 2.75) is 57.7 Å². The van der Waals surface area contributed by atoms with E-state index in [1.807, 2.05) is 19.9 Å². The third-order valence-corrected chi connectivity index (χ3v) is 9.06. The third-order valence-electron chi connectivity index (χ3n) is 6.61. The van der Waals surface area contributed by atoms with E-state index in [0.717, 1.165) is 5.56 Å². The van der Waals surface area contributed by atoms with E-state index in [4.69, 9.17) is 9.47 Å². The summed E-state index contributed by atoms with van der Waals surface area (Å²) in [5, 5.41) is 8.16. The first kappa shape index (κ1) is 31.5. The van der Waals surface area contributed by atoms with Crippen LogP contribution in [0.3, 0.4) is 0 Å². The van der Waals surface area contributed by atoms with Crippen LogP contribution in [0.5, 0.6) is 5.75 Å². The summed E-state index contributed by atoms with van der Waals surface area (Å²) < 4.78 is 10.7. The second-order valence-electron chi connectivity index (χ2n) is 10.0. The van der Waals surface area contributed by atoms with Crippen molar-refractivity contribution in [3.05, 3.63) is 42.0 Å². The molecule has 2 heterocycles. The molecule has 3 amide bonds. The molecule has 1 aromatic rings. The number of carbonyl (C=O) groups excluding carboxylic acids is 5. The molecular weight excluding hydrogens is 554 g/mol. The van der Waals surface area contributed by atoms with Crippen molar-refractivity contribution in [1.29, 1.82) is 0 Å². The number of methoxy groups -OCH3 is 1. The highest BCUT2D eigenvalue weighted by atomic mass is 33.1. The second kappa shape index (κ2) is 15.7. The van der Waals surface area contributed by atoms with Crippen molar-refractivity contribution in [2.75, 3.05) is 25.2 Å². The summed E-state index contributed by atoms with van der Waals surface area (Å²) in [6, 6.07) is 5.12. The molecule has 0 aromatic heterocycles. The number of hydrogen-bond acceptors (Lipinski definition) is 9. The standard InChI is InChI=1S/C28H37N3O7S2/c1-17(2)22-14-19(32)13-21-6-4-5-11-39-40-16-24(31-26(22)34)28(36)30-23(27(35)29-15-25(33)38-21)12-18-7-9-20(37-3)10-8-18/h4,6-10,17,21-24H,5,11-16H2,1-3H3,(H,29,35)(H,30,36)(H,31,34)/b6-4+/t21?,22-,23-,24?/m1/s1. The summed E-state index contributed by atoms with van der Waals surface area (Å²) in [6.45, 7) is 3.26. The van der Waals surface area contributed by atoms with Gasteiger partial charge in [-0.1, -0.05) is 53.6 Å². The van der Waals surface area contributed by atoms with Crippen molar-refractivity contribution in [2.24, 2.45) is 11.8 Å². The Labute approximate surface area is 242 Å². The fourth-order valence-corrected chi connectivity index (χ4v) is 6.46. The number of rotatable bonds is 4. The van der Waals surface area contributed by atoms with Crippen molar-refractivity contribution in [1.82, 2.24) is 16.0 Å². The number of esters is 1. The van der Waals surface area contributed by atoms with Crippen molar-refractivity contribution in [3.8, 4) is 5.75 Å². The Morgan fingerprint density at radius 1 is 0.975 bits per heavy atom. The SMILES string of the molecule is COc1ccc(C[C@H]2NC(=O)C3CSSCC/C=C/C(CC(=O)C[C@H](C(C)C)C(=O)N3)OC(=O)CNC2=O)cc1. The van der Waals surface area contributed by atoms with Crippen molar-refractivity contribution in [3.63, 3.8) is 0 Å². The molecule has 0 radical (unpaired) electrons. The van der Waals surface area contributed by atoms with E-state index in [-0.39, 0.29) is 36.7 Å². The number of amides is 3. The van der Waals surface area contributed by atoms with Gasteiger partial charge in [0.05, 0.1) is 7.11 Å². The molecule has 3 rings (SSSR count). The highest BCUT2D eigenvalue weighted by molar-refractivity contribution is 8.76. The Morgan fingerprint density at radius 2 is 1.73 bits per heavy atom. The number of ketones is 1. The lowest BCUT2D eigenvalue weighted by molar-refractivity contribution is -0.148. The van der Waals surface area contributed by atoms with Gasteiger partial charge in [0.15, 0.2) is 0 Å². The summed E-state index contributed by atoms with van der Waals surface area (Å²) in [6.07, 6.45) is 3.41. The van der Waals surface area contributed by atoms with Crippen LogP contribution in [-0.4, -0.2) is 72.8 Å². The van der Waals surface area contributed by atoms with Crippen molar-refractivity contribution < 1.29 is 33.4 Å². The highest BCUT2D eigenvalue weighted by Crippen LogP contribution is 2.25. The summed E-state index contributed by atoms with van der Waals surface area (Å²) >= 11 is 0. The Hall–Kier alpha value is -2.99. The topological polar surface area (TPSA) is 140 Å². The lowest BCUT2D eigenvalue weighted by Gasteiger charge is -2.26. The molecule has 2 aliphatic rings. The first-order valence-corrected chi connectivity index (χ1v) is 15.8. The molecule has 2 unspecified atom stereocenters. The minimum atomic E-state index is -1.02. The molecule has 0 spiro atoms. The average Bonchev–Trinajstić information content (AvgIpc) is 2.92. The largest absolute Gasteiger partial charge is 0.497 e. The molecule has 0 aliphatic carbocycles. The predicted octanol–water partition coefficient (Wildman–Crippen LogP) is 2.21. The van der Waals surface area contributed by atoms with Crippen LogP contribution in [0.1, 0.15) is 38.7 Å². The van der Waals surface area contributed by atoms with Crippen LogP contribution >= 0.6 is 21.6 Å². The van der Waals surface area contributed by atoms with E-state index in [2.05, 4.69) is 16.0 Å². The van der Waals surface area contributed by atoms with Crippen LogP contribution in [0.4, 0.5) is 0 Å². The van der Waals surface area contributed by atoms with E-state index >= 15 is 0 Å². The average molecular weight is 592 g/mol. The van der Waals surface area contributed by atoms with Gasteiger partial charge in [0.25, 0.3) is 0 Å². The number of Topliss-reactive ketones (excluding diaryl/α,β-unsaturated/α-hetero) is 1. The van der Waals surface area contributed by atoms with Gasteiger partial charge >= 0.3 is 5.97 Å². The zero-order valence-electron chi connectivity index (χ0n) is 23.0. The maximum Gasteiger partial charge on any atom is 0.326 e. The second-order valence-corrected chi connectivity index (χ2v) is 12.7. The van der Waals surface area contributed by atoms with Crippen LogP contribution in [0.2, 0.25) is 0 Å². The smallest absolute Gasteiger partial charge is 0.326 e. The van der Waals surface area contributed by atoms with Gasteiger partial charge in [0, 0.05) is 36.7 Å². The van der Waals surface area contributed by atoms with Crippen LogP contribution in [0.15, 0.2) is 36.4 Å². The molecular formula is C28H37N3O7S2. The van der Waals surface area contributed by atoms with Gasteiger partial charge < -0.3 is 25.4 Å². The van der Waals surface area contributed by atoms with Gasteiger partial charge in [-0.15, -0.1) is 0 Å². The minimum Gasteiger partial charge on any atom is -0.497 e. The molecule has 2 bridgehead atoms. The summed E-state index contributed by atoms with van der Waals surface area (Å²) in [5.41, 5.74) is 0.762. The van der Waals surface area contributed by atoms with Crippen LogP contribution in [-0.2, 0) is 35.1 Å². The maximum atomic E-state index is 13.5. The Bertz CT molecular complexity index is 1090. The number of carbonyl (C=O) groups is 5. The summed E-state index contributed by atoms with van der Waals surface area (Å²) in [5.74, 6) is -1.65. The van der Waals surface area contributed by atoms with Crippen LogP contribution in [0.25, 0.3) is 0 Å². The van der Waals surface area contributed by atoms with E-state index in [1.54, 1.807) is 48.2 Å². The molecule has 218 valence electrons. The summed E-state index contributed by atoms with van der Waals surface area (Å²) in [7, 11) is 4.54. The lowest BCUT2D eigenvalue weighted by Crippen LogP contribution is -2.56. The normalized spacial score (nSPS) is 26.6. The molecule has 2 aliphatic heterocycles. The van der Waals surface area contributed by atoms with Crippen LogP contribution in [0, 0.1) is 11.8 Å². The van der Waals surface area contributed by atoms with Gasteiger partial charge in [0.2, 0.25) is 17.7 Å². The molecule has 10 nitrogen and oxygen atoms in total. The zero-order chi connectivity index (χ0) is 29.1. The Morgan fingerprint density at radius 3 is 2.42 bits per heavy atom. The number of nitrogens with one attached hydrogen (secondary N) is 3. The van der Waals surface area contributed by atoms with Gasteiger partial charge in [-0.3, -0.25) is 24.0 Å². The quantitative estimate of drug-likeness (QED) is 0.273. The third kappa shape index (κ3) is 9.88. The molecule has 1 aromatic carbocycles. The number of ether oxygens (including phenoxy) is 2. The Kier molecular flexibility index (Phi) is 12.4. The molecule has 1 fully saturated rings. The van der Waals surface area contributed by atoms with E-state index < -0.39 is 54.3 Å². The Balaban J connectivity index is 1.96. The molecule has 4 atom stereocenters. The maximum absolute atomic E-state index is 13.5. The van der Waals surface area contributed by atoms with Gasteiger partial charge in [-0.25, -0.2) is 0 Å². The number of hydrogen-bond donors (Lipinski definition) is 3. The first-order chi connectivity index (χ1) is 19.2. The summed E-state index contributed by atoms with van der Waals surface area (Å²) in [4.78, 5) is 65.7. The van der Waals surface area contributed by atoms with Crippen LogP contribution < -0.4 is 20.7 Å². The first-order valence-electron chi connectivity index (χ1n) is 13.3. The molecule has 12 heteroatoms. The van der Waals surface area contributed by atoms with Gasteiger partial charge in [-0.05, 0) is 36.1 Å². The molecule has 0 saturated carbocycles. The fourth-order valence-electron chi connectivity index (χ4n) is 4.31. The monoisotopic (exact) mass is 591 g/mol. The number of benzene rings is 1.